The molecule has 0 saturated carbocycles. The standard InChI is InChI=1S/C17H18O3/c1-3-11(2)12-4-6-13(7-5-12)15-9-8-14(17(19)20)10-16(15)18/h4-11,18H,3H2,1-2H3,(H,19,20). The molecule has 2 rings (SSSR count). The summed E-state index contributed by atoms with van der Waals surface area (Å²) in [5.74, 6) is -0.549. The van der Waals surface area contributed by atoms with Crippen molar-refractivity contribution in [1.29, 1.82) is 0 Å². The van der Waals surface area contributed by atoms with Gasteiger partial charge in [0, 0.05) is 5.56 Å². The summed E-state index contributed by atoms with van der Waals surface area (Å²) < 4.78 is 0. The minimum absolute atomic E-state index is 0.0128. The second kappa shape index (κ2) is 5.78. The first kappa shape index (κ1) is 14.1. The van der Waals surface area contributed by atoms with Gasteiger partial charge < -0.3 is 10.2 Å². The monoisotopic (exact) mass is 270 g/mol. The van der Waals surface area contributed by atoms with Crippen LogP contribution in [0.25, 0.3) is 11.1 Å². The molecule has 1 unspecified atom stereocenters. The summed E-state index contributed by atoms with van der Waals surface area (Å²) in [6.07, 6.45) is 1.08. The number of hydrogen-bond donors (Lipinski definition) is 2. The van der Waals surface area contributed by atoms with Crippen molar-refractivity contribution >= 4 is 5.97 Å². The van der Waals surface area contributed by atoms with Gasteiger partial charge >= 0.3 is 5.97 Å². The van der Waals surface area contributed by atoms with Gasteiger partial charge in [-0.05, 0) is 41.7 Å². The van der Waals surface area contributed by atoms with Gasteiger partial charge in [-0.3, -0.25) is 0 Å². The van der Waals surface area contributed by atoms with E-state index in [4.69, 9.17) is 5.11 Å². The Hall–Kier alpha value is -2.29. The normalized spacial score (nSPS) is 12.1. The first-order valence-corrected chi connectivity index (χ1v) is 6.69. The molecule has 2 aromatic rings. The van der Waals surface area contributed by atoms with E-state index in [-0.39, 0.29) is 11.3 Å². The summed E-state index contributed by atoms with van der Waals surface area (Å²) in [5, 5.41) is 18.8. The van der Waals surface area contributed by atoms with Crippen molar-refractivity contribution in [2.24, 2.45) is 0 Å². The highest BCUT2D eigenvalue weighted by atomic mass is 16.4. The molecule has 0 aliphatic rings. The second-order valence-electron chi connectivity index (χ2n) is 4.97. The average Bonchev–Trinajstić information content (AvgIpc) is 2.46. The van der Waals surface area contributed by atoms with Crippen LogP contribution in [-0.4, -0.2) is 16.2 Å². The molecule has 0 heterocycles. The number of carbonyl (C=O) groups is 1. The number of benzene rings is 2. The quantitative estimate of drug-likeness (QED) is 0.872. The third kappa shape index (κ3) is 2.82. The summed E-state index contributed by atoms with van der Waals surface area (Å²) in [6.45, 7) is 4.32. The average molecular weight is 270 g/mol. The van der Waals surface area contributed by atoms with Gasteiger partial charge in [-0.25, -0.2) is 4.79 Å². The Morgan fingerprint density at radius 2 is 1.80 bits per heavy atom. The number of aromatic carboxylic acids is 1. The minimum atomic E-state index is -1.04. The van der Waals surface area contributed by atoms with Crippen LogP contribution < -0.4 is 0 Å². The van der Waals surface area contributed by atoms with Crippen molar-refractivity contribution in [3.05, 3.63) is 53.6 Å². The number of carboxylic acids is 1. The Morgan fingerprint density at radius 1 is 1.15 bits per heavy atom. The smallest absolute Gasteiger partial charge is 0.335 e. The largest absolute Gasteiger partial charge is 0.507 e. The van der Waals surface area contributed by atoms with Crippen molar-refractivity contribution < 1.29 is 15.0 Å². The molecule has 0 amide bonds. The van der Waals surface area contributed by atoms with Crippen LogP contribution in [0, 0.1) is 0 Å². The van der Waals surface area contributed by atoms with Gasteiger partial charge in [0.25, 0.3) is 0 Å². The lowest BCUT2D eigenvalue weighted by molar-refractivity contribution is 0.0696. The van der Waals surface area contributed by atoms with E-state index in [2.05, 4.69) is 13.8 Å². The molecule has 0 aliphatic heterocycles. The third-order valence-corrected chi connectivity index (χ3v) is 3.65. The Kier molecular flexibility index (Phi) is 4.08. The maximum Gasteiger partial charge on any atom is 0.335 e. The summed E-state index contributed by atoms with van der Waals surface area (Å²) >= 11 is 0. The molecule has 3 nitrogen and oxygen atoms in total. The van der Waals surface area contributed by atoms with Crippen LogP contribution in [-0.2, 0) is 0 Å². The van der Waals surface area contributed by atoms with Crippen molar-refractivity contribution in [2.45, 2.75) is 26.2 Å². The fraction of sp³-hybridized carbons (Fsp3) is 0.235. The topological polar surface area (TPSA) is 57.5 Å². The lowest BCUT2D eigenvalue weighted by Gasteiger charge is -2.11. The van der Waals surface area contributed by atoms with E-state index in [1.807, 2.05) is 24.3 Å². The van der Waals surface area contributed by atoms with Crippen LogP contribution in [0.5, 0.6) is 5.75 Å². The Morgan fingerprint density at radius 3 is 2.30 bits per heavy atom. The Labute approximate surface area is 118 Å². The van der Waals surface area contributed by atoms with Crippen LogP contribution in [0.3, 0.4) is 0 Å². The van der Waals surface area contributed by atoms with Gasteiger partial charge in [-0.15, -0.1) is 0 Å². The lowest BCUT2D eigenvalue weighted by Crippen LogP contribution is -1.96. The molecular formula is C17H18O3. The van der Waals surface area contributed by atoms with E-state index in [1.165, 1.54) is 17.7 Å². The molecule has 2 N–H and O–H groups in total. The van der Waals surface area contributed by atoms with Gasteiger partial charge in [-0.2, -0.15) is 0 Å². The molecule has 0 aliphatic carbocycles. The molecule has 0 aromatic heterocycles. The summed E-state index contributed by atoms with van der Waals surface area (Å²) in [6, 6.07) is 12.4. The van der Waals surface area contributed by atoms with Crippen LogP contribution in [0.2, 0.25) is 0 Å². The maximum absolute atomic E-state index is 10.8. The zero-order valence-electron chi connectivity index (χ0n) is 11.6. The van der Waals surface area contributed by atoms with Crippen molar-refractivity contribution in [1.82, 2.24) is 0 Å². The number of phenolic OH excluding ortho intramolecular Hbond substituents is 1. The van der Waals surface area contributed by atoms with Gasteiger partial charge in [0.05, 0.1) is 5.56 Å². The first-order valence-electron chi connectivity index (χ1n) is 6.69. The molecule has 0 saturated heterocycles. The Balaban J connectivity index is 2.34. The minimum Gasteiger partial charge on any atom is -0.507 e. The van der Waals surface area contributed by atoms with E-state index >= 15 is 0 Å². The second-order valence-corrected chi connectivity index (χ2v) is 4.97. The van der Waals surface area contributed by atoms with Crippen LogP contribution in [0.15, 0.2) is 42.5 Å². The number of aromatic hydroxyl groups is 1. The van der Waals surface area contributed by atoms with E-state index < -0.39 is 5.97 Å². The zero-order valence-corrected chi connectivity index (χ0v) is 11.6. The van der Waals surface area contributed by atoms with E-state index in [0.717, 1.165) is 12.0 Å². The zero-order chi connectivity index (χ0) is 14.7. The molecule has 1 atom stereocenters. The maximum atomic E-state index is 10.8. The molecular weight excluding hydrogens is 252 g/mol. The third-order valence-electron chi connectivity index (χ3n) is 3.65. The van der Waals surface area contributed by atoms with Crippen LogP contribution >= 0.6 is 0 Å². The molecule has 0 spiro atoms. The van der Waals surface area contributed by atoms with Gasteiger partial charge in [0.1, 0.15) is 5.75 Å². The molecule has 0 bridgehead atoms. The highest BCUT2D eigenvalue weighted by molar-refractivity contribution is 5.89. The van der Waals surface area contributed by atoms with Crippen LogP contribution in [0.4, 0.5) is 0 Å². The highest BCUT2D eigenvalue weighted by Gasteiger charge is 2.10. The SMILES string of the molecule is CCC(C)c1ccc(-c2ccc(C(=O)O)cc2O)cc1. The molecule has 20 heavy (non-hydrogen) atoms. The lowest BCUT2D eigenvalue weighted by atomic mass is 9.95. The molecule has 0 radical (unpaired) electrons. The van der Waals surface area contributed by atoms with Crippen molar-refractivity contribution in [3.8, 4) is 16.9 Å². The van der Waals surface area contributed by atoms with Crippen LogP contribution in [0.1, 0.15) is 42.1 Å². The van der Waals surface area contributed by atoms with Gasteiger partial charge in [0.15, 0.2) is 0 Å². The molecule has 0 fully saturated rings. The predicted octanol–water partition coefficient (Wildman–Crippen LogP) is 4.27. The fourth-order valence-electron chi connectivity index (χ4n) is 2.14. The summed E-state index contributed by atoms with van der Waals surface area (Å²) in [7, 11) is 0. The summed E-state index contributed by atoms with van der Waals surface area (Å²) in [5.41, 5.74) is 2.87. The van der Waals surface area contributed by atoms with Crippen molar-refractivity contribution in [2.75, 3.05) is 0 Å². The van der Waals surface area contributed by atoms with Gasteiger partial charge in [-0.1, -0.05) is 38.1 Å². The number of phenols is 1. The molecule has 3 heteroatoms. The van der Waals surface area contributed by atoms with E-state index in [0.29, 0.717) is 11.5 Å². The van der Waals surface area contributed by atoms with E-state index in [9.17, 15) is 9.90 Å². The number of rotatable bonds is 4. The van der Waals surface area contributed by atoms with E-state index in [1.54, 1.807) is 6.07 Å². The van der Waals surface area contributed by atoms with Crippen molar-refractivity contribution in [3.63, 3.8) is 0 Å². The molecule has 104 valence electrons. The summed E-state index contributed by atoms with van der Waals surface area (Å²) in [4.78, 5) is 10.8. The number of carboxylic acid groups (broad SMARTS) is 1. The van der Waals surface area contributed by atoms with Gasteiger partial charge in [0.2, 0.25) is 0 Å². The number of hydrogen-bond acceptors (Lipinski definition) is 2. The highest BCUT2D eigenvalue weighted by Crippen LogP contribution is 2.31. The predicted molar refractivity (Wildman–Crippen MR) is 79.2 cm³/mol. The first-order chi connectivity index (χ1) is 9.52. The fourth-order valence-corrected chi connectivity index (χ4v) is 2.14. The Bertz CT molecular complexity index is 615. The molecule has 2 aromatic carbocycles.